The van der Waals surface area contributed by atoms with Gasteiger partial charge < -0.3 is 10.4 Å². The van der Waals surface area contributed by atoms with Crippen molar-refractivity contribution < 1.29 is 18.3 Å². The molecule has 0 heterocycles. The average molecular weight is 340 g/mol. The predicted molar refractivity (Wildman–Crippen MR) is 89.4 cm³/mol. The molecule has 0 aliphatic heterocycles. The summed E-state index contributed by atoms with van der Waals surface area (Å²) in [6.07, 6.45) is 3.69. The van der Waals surface area contributed by atoms with Crippen molar-refractivity contribution in [2.75, 3.05) is 5.32 Å². The minimum Gasteiger partial charge on any atom is -0.478 e. The van der Waals surface area contributed by atoms with Crippen LogP contribution in [0.4, 0.5) is 5.69 Å². The van der Waals surface area contributed by atoms with Gasteiger partial charge in [0, 0.05) is 17.3 Å². The molecular formula is C16H24N2O4S. The van der Waals surface area contributed by atoms with E-state index in [0.29, 0.717) is 5.69 Å². The lowest BCUT2D eigenvalue weighted by molar-refractivity contribution is 0.0697. The molecule has 1 aromatic carbocycles. The fourth-order valence-electron chi connectivity index (χ4n) is 2.71. The van der Waals surface area contributed by atoms with Gasteiger partial charge in [-0.1, -0.05) is 12.8 Å². The van der Waals surface area contributed by atoms with E-state index in [4.69, 9.17) is 0 Å². The lowest BCUT2D eigenvalue weighted by Gasteiger charge is -2.23. The Morgan fingerprint density at radius 1 is 1.22 bits per heavy atom. The van der Waals surface area contributed by atoms with Crippen LogP contribution in [0.25, 0.3) is 0 Å². The van der Waals surface area contributed by atoms with E-state index in [0.717, 1.165) is 25.7 Å². The summed E-state index contributed by atoms with van der Waals surface area (Å²) in [5.74, 6) is -1.16. The Bertz CT molecular complexity index is 687. The van der Waals surface area contributed by atoms with E-state index in [9.17, 15) is 18.3 Å². The first-order valence-corrected chi connectivity index (χ1v) is 9.25. The number of anilines is 1. The second-order valence-corrected chi connectivity index (χ2v) is 8.70. The third-order valence-electron chi connectivity index (χ3n) is 3.72. The largest absolute Gasteiger partial charge is 0.478 e. The van der Waals surface area contributed by atoms with Gasteiger partial charge >= 0.3 is 5.97 Å². The number of benzene rings is 1. The summed E-state index contributed by atoms with van der Waals surface area (Å²) in [6.45, 7) is 5.72. The molecule has 1 aliphatic carbocycles. The summed E-state index contributed by atoms with van der Waals surface area (Å²) < 4.78 is 27.5. The van der Waals surface area contributed by atoms with Gasteiger partial charge in [-0.3, -0.25) is 0 Å². The normalized spacial score (nSPS) is 16.5. The molecule has 0 unspecified atom stereocenters. The van der Waals surface area contributed by atoms with Crippen LogP contribution in [0.5, 0.6) is 0 Å². The van der Waals surface area contributed by atoms with E-state index in [1.165, 1.54) is 18.2 Å². The first kappa shape index (κ1) is 17.7. The van der Waals surface area contributed by atoms with Crippen molar-refractivity contribution in [3.8, 4) is 0 Å². The van der Waals surface area contributed by atoms with Gasteiger partial charge in [-0.25, -0.2) is 17.9 Å². The zero-order valence-electron chi connectivity index (χ0n) is 13.7. The molecule has 0 bridgehead atoms. The van der Waals surface area contributed by atoms with E-state index >= 15 is 0 Å². The molecule has 23 heavy (non-hydrogen) atoms. The quantitative estimate of drug-likeness (QED) is 0.766. The summed E-state index contributed by atoms with van der Waals surface area (Å²) in [6, 6.07) is 4.12. The average Bonchev–Trinajstić information content (AvgIpc) is 2.88. The van der Waals surface area contributed by atoms with E-state index < -0.39 is 16.0 Å². The monoisotopic (exact) mass is 340 g/mol. The molecule has 1 fully saturated rings. The molecule has 1 aliphatic rings. The Labute approximate surface area is 137 Å². The van der Waals surface area contributed by atoms with E-state index in [2.05, 4.69) is 10.0 Å². The highest BCUT2D eigenvalue weighted by atomic mass is 32.2. The van der Waals surface area contributed by atoms with Crippen LogP contribution in [0.2, 0.25) is 0 Å². The first-order chi connectivity index (χ1) is 10.6. The zero-order chi connectivity index (χ0) is 17.3. The topological polar surface area (TPSA) is 95.5 Å². The van der Waals surface area contributed by atoms with Crippen molar-refractivity contribution in [1.29, 1.82) is 0 Å². The van der Waals surface area contributed by atoms with Gasteiger partial charge in [0.1, 0.15) is 0 Å². The van der Waals surface area contributed by atoms with Crippen molar-refractivity contribution in [3.63, 3.8) is 0 Å². The molecule has 0 atom stereocenters. The van der Waals surface area contributed by atoms with Crippen LogP contribution in [0.3, 0.4) is 0 Å². The number of nitrogens with one attached hydrogen (secondary N) is 2. The molecule has 0 spiro atoms. The lowest BCUT2D eigenvalue weighted by Crippen LogP contribution is -2.33. The highest BCUT2D eigenvalue weighted by molar-refractivity contribution is 7.89. The molecule has 1 saturated carbocycles. The second-order valence-electron chi connectivity index (χ2n) is 6.99. The minimum atomic E-state index is -3.70. The van der Waals surface area contributed by atoms with Crippen molar-refractivity contribution in [1.82, 2.24) is 4.72 Å². The number of rotatable bonds is 5. The summed E-state index contributed by atoms with van der Waals surface area (Å²) in [4.78, 5) is 11.5. The van der Waals surface area contributed by atoms with Crippen LogP contribution in [0, 0.1) is 0 Å². The standard InChI is InChI=1S/C16H24N2O4S/c1-16(2,3)17-14-9-8-12(10-13(14)15(19)20)23(21,22)18-11-6-4-5-7-11/h8-11,17-18H,4-7H2,1-3H3,(H,19,20). The number of aromatic carboxylic acids is 1. The molecule has 7 heteroatoms. The van der Waals surface area contributed by atoms with Gasteiger partial charge in [-0.2, -0.15) is 0 Å². The second kappa shape index (κ2) is 6.49. The zero-order valence-corrected chi connectivity index (χ0v) is 14.5. The third kappa shape index (κ3) is 4.68. The van der Waals surface area contributed by atoms with Crippen molar-refractivity contribution >= 4 is 21.7 Å². The van der Waals surface area contributed by atoms with Gasteiger partial charge in [-0.05, 0) is 51.8 Å². The minimum absolute atomic E-state index is 0.0127. The molecule has 0 aromatic heterocycles. The molecule has 0 saturated heterocycles. The molecule has 128 valence electrons. The summed E-state index contributed by atoms with van der Waals surface area (Å²) in [5.41, 5.74) is 0.0335. The number of hydrogen-bond acceptors (Lipinski definition) is 4. The summed E-state index contributed by atoms with van der Waals surface area (Å²) in [5, 5.41) is 12.5. The maximum absolute atomic E-state index is 12.4. The Morgan fingerprint density at radius 2 is 1.83 bits per heavy atom. The smallest absolute Gasteiger partial charge is 0.337 e. The highest BCUT2D eigenvalue weighted by Crippen LogP contribution is 2.25. The first-order valence-electron chi connectivity index (χ1n) is 7.76. The van der Waals surface area contributed by atoms with E-state index in [1.54, 1.807) is 0 Å². The fourth-order valence-corrected chi connectivity index (χ4v) is 4.04. The SMILES string of the molecule is CC(C)(C)Nc1ccc(S(=O)(=O)NC2CCCC2)cc1C(=O)O. The van der Waals surface area contributed by atoms with Crippen LogP contribution in [0.15, 0.2) is 23.1 Å². The number of hydrogen-bond donors (Lipinski definition) is 3. The van der Waals surface area contributed by atoms with Gasteiger partial charge in [0.2, 0.25) is 10.0 Å². The van der Waals surface area contributed by atoms with Crippen molar-refractivity contribution in [2.45, 2.75) is 62.9 Å². The number of carbonyl (C=O) groups is 1. The Kier molecular flexibility index (Phi) is 5.01. The molecular weight excluding hydrogens is 316 g/mol. The number of sulfonamides is 1. The van der Waals surface area contributed by atoms with Gasteiger partial charge in [0.25, 0.3) is 0 Å². The summed E-state index contributed by atoms with van der Waals surface area (Å²) in [7, 11) is -3.70. The van der Waals surface area contributed by atoms with Crippen molar-refractivity contribution in [2.24, 2.45) is 0 Å². The molecule has 0 amide bonds. The van der Waals surface area contributed by atoms with Crippen LogP contribution in [-0.2, 0) is 10.0 Å². The number of carboxylic acids is 1. The Morgan fingerprint density at radius 3 is 2.35 bits per heavy atom. The van der Waals surface area contributed by atoms with E-state index in [1.807, 2.05) is 20.8 Å². The predicted octanol–water partition coefficient (Wildman–Crippen LogP) is 2.82. The van der Waals surface area contributed by atoms with Crippen LogP contribution < -0.4 is 10.0 Å². The van der Waals surface area contributed by atoms with Gasteiger partial charge in [-0.15, -0.1) is 0 Å². The maximum Gasteiger partial charge on any atom is 0.337 e. The maximum atomic E-state index is 12.4. The molecule has 6 nitrogen and oxygen atoms in total. The molecule has 0 radical (unpaired) electrons. The third-order valence-corrected chi connectivity index (χ3v) is 5.24. The highest BCUT2D eigenvalue weighted by Gasteiger charge is 2.25. The van der Waals surface area contributed by atoms with Gasteiger partial charge in [0.15, 0.2) is 0 Å². The lowest BCUT2D eigenvalue weighted by atomic mass is 10.1. The number of carboxylic acid groups (broad SMARTS) is 1. The van der Waals surface area contributed by atoms with Crippen LogP contribution in [-0.4, -0.2) is 31.1 Å². The van der Waals surface area contributed by atoms with Gasteiger partial charge in [0.05, 0.1) is 10.5 Å². The van der Waals surface area contributed by atoms with Crippen molar-refractivity contribution in [3.05, 3.63) is 23.8 Å². The fraction of sp³-hybridized carbons (Fsp3) is 0.562. The van der Waals surface area contributed by atoms with Crippen LogP contribution >= 0.6 is 0 Å². The Balaban J connectivity index is 2.33. The molecule has 1 aromatic rings. The Hall–Kier alpha value is -1.60. The van der Waals surface area contributed by atoms with Crippen LogP contribution in [0.1, 0.15) is 56.8 Å². The summed E-state index contributed by atoms with van der Waals surface area (Å²) >= 11 is 0. The molecule has 3 N–H and O–H groups in total. The molecule has 2 rings (SSSR count). The van der Waals surface area contributed by atoms with E-state index in [-0.39, 0.29) is 22.0 Å².